The van der Waals surface area contributed by atoms with E-state index in [0.717, 1.165) is 0 Å². The standard InChI is InChI=1S/C46H36S.C4H8/c1-29-11-9-15-35(23-29)45-38-22-21-34(33-20-19-31-13-5-6-14-32(31)25-33)26-40(38)46(36-16-10-12-30(2)24-36)42-28-44-39(27-41(42)45)37-17-7-8-18-43(37)47(44,3)4;1-3-4-2/h5-28H,1-4H3;3-4H,1-2H3/b;4-3-. The minimum atomic E-state index is -1.17. The zero-order chi connectivity index (χ0) is 35.3. The average molecular weight is 677 g/mol. The molecule has 8 aromatic rings. The van der Waals surface area contributed by atoms with Gasteiger partial charge in [-0.1, -0.05) is 139 Å². The second-order valence-electron chi connectivity index (χ2n) is 14.2. The van der Waals surface area contributed by atoms with E-state index in [9.17, 15) is 0 Å². The number of allylic oxidation sites excluding steroid dienone is 2. The molecule has 0 aliphatic carbocycles. The van der Waals surface area contributed by atoms with Crippen LogP contribution in [0.1, 0.15) is 25.0 Å². The molecule has 0 saturated heterocycles. The molecule has 0 aromatic heterocycles. The Morgan fingerprint density at radius 3 is 1.65 bits per heavy atom. The van der Waals surface area contributed by atoms with Crippen molar-refractivity contribution in [2.75, 3.05) is 12.5 Å². The third-order valence-corrected chi connectivity index (χ3v) is 13.4. The molecule has 0 N–H and O–H groups in total. The first-order valence-corrected chi connectivity index (χ1v) is 20.3. The lowest BCUT2D eigenvalue weighted by Gasteiger charge is -2.29. The maximum atomic E-state index is 2.57. The summed E-state index contributed by atoms with van der Waals surface area (Å²) in [5.41, 5.74) is 13.0. The van der Waals surface area contributed by atoms with Crippen LogP contribution >= 0.6 is 10.0 Å². The third-order valence-electron chi connectivity index (χ3n) is 10.5. The quantitative estimate of drug-likeness (QED) is 0.129. The minimum absolute atomic E-state index is 1.17. The summed E-state index contributed by atoms with van der Waals surface area (Å²) in [4.78, 5) is 2.97. The van der Waals surface area contributed by atoms with Crippen molar-refractivity contribution in [1.29, 1.82) is 0 Å². The van der Waals surface area contributed by atoms with Crippen molar-refractivity contribution >= 4 is 42.3 Å². The highest BCUT2D eigenvalue weighted by atomic mass is 32.3. The molecule has 1 aliphatic heterocycles. The van der Waals surface area contributed by atoms with Crippen LogP contribution in [-0.4, -0.2) is 12.5 Å². The molecular weight excluding hydrogens is 633 g/mol. The number of benzene rings is 8. The van der Waals surface area contributed by atoms with Crippen LogP contribution in [-0.2, 0) is 0 Å². The molecule has 0 unspecified atom stereocenters. The minimum Gasteiger partial charge on any atom is -0.192 e. The number of rotatable bonds is 3. The van der Waals surface area contributed by atoms with E-state index in [1.807, 2.05) is 26.0 Å². The lowest BCUT2D eigenvalue weighted by molar-refractivity contribution is 1.46. The van der Waals surface area contributed by atoms with Crippen molar-refractivity contribution in [3.8, 4) is 44.5 Å². The fourth-order valence-corrected chi connectivity index (χ4v) is 10.4. The van der Waals surface area contributed by atoms with Gasteiger partial charge in [0.05, 0.1) is 0 Å². The van der Waals surface area contributed by atoms with Gasteiger partial charge in [-0.05, 0) is 147 Å². The SMILES string of the molecule is C/C=C\C.Cc1cccc(-c2c3ccc(-c4ccc5ccccc5c4)cc3c(-c3cccc(C)c3)c3cc4c(cc23)-c2ccccc2S4(C)C)c1. The van der Waals surface area contributed by atoms with Crippen molar-refractivity contribution in [3.63, 3.8) is 0 Å². The Hall–Kier alpha value is -5.37. The van der Waals surface area contributed by atoms with Crippen molar-refractivity contribution in [2.45, 2.75) is 37.5 Å². The van der Waals surface area contributed by atoms with Crippen molar-refractivity contribution in [1.82, 2.24) is 0 Å². The average Bonchev–Trinajstić information content (AvgIpc) is 3.37. The normalized spacial score (nSPS) is 13.6. The van der Waals surface area contributed by atoms with Crippen LogP contribution in [0.15, 0.2) is 168 Å². The van der Waals surface area contributed by atoms with Crippen LogP contribution in [0.4, 0.5) is 0 Å². The Balaban J connectivity index is 0.000000890. The smallest absolute Gasteiger partial charge is 0.00219 e. The fourth-order valence-electron chi connectivity index (χ4n) is 7.91. The van der Waals surface area contributed by atoms with Gasteiger partial charge in [0.25, 0.3) is 0 Å². The molecule has 0 saturated carbocycles. The van der Waals surface area contributed by atoms with Gasteiger partial charge in [-0.3, -0.25) is 0 Å². The van der Waals surface area contributed by atoms with Gasteiger partial charge in [-0.25, -0.2) is 0 Å². The van der Waals surface area contributed by atoms with Gasteiger partial charge in [0.1, 0.15) is 0 Å². The Morgan fingerprint density at radius 1 is 0.392 bits per heavy atom. The van der Waals surface area contributed by atoms with Gasteiger partial charge in [-0.2, -0.15) is 10.0 Å². The van der Waals surface area contributed by atoms with Crippen LogP contribution in [0, 0.1) is 13.8 Å². The van der Waals surface area contributed by atoms with Crippen molar-refractivity contribution in [3.05, 3.63) is 169 Å². The van der Waals surface area contributed by atoms with E-state index in [1.54, 1.807) is 0 Å². The topological polar surface area (TPSA) is 0 Å². The summed E-state index contributed by atoms with van der Waals surface area (Å²) in [6.07, 6.45) is 8.94. The number of hydrogen-bond acceptors (Lipinski definition) is 0. The van der Waals surface area contributed by atoms with E-state index >= 15 is 0 Å². The summed E-state index contributed by atoms with van der Waals surface area (Å²) >= 11 is 0. The van der Waals surface area contributed by atoms with Crippen LogP contribution in [0.25, 0.3) is 76.8 Å². The van der Waals surface area contributed by atoms with Gasteiger partial charge < -0.3 is 0 Å². The highest BCUT2D eigenvalue weighted by Gasteiger charge is 2.33. The van der Waals surface area contributed by atoms with E-state index in [-0.39, 0.29) is 0 Å². The van der Waals surface area contributed by atoms with Gasteiger partial charge in [0.2, 0.25) is 0 Å². The first-order chi connectivity index (χ1) is 24.8. The fraction of sp³-hybridized carbons (Fsp3) is 0.120. The van der Waals surface area contributed by atoms with Crippen molar-refractivity contribution < 1.29 is 0 Å². The summed E-state index contributed by atoms with van der Waals surface area (Å²) in [6, 6.07) is 55.0. The van der Waals surface area contributed by atoms with E-state index < -0.39 is 10.0 Å². The predicted molar refractivity (Wildman–Crippen MR) is 227 cm³/mol. The zero-order valence-electron chi connectivity index (χ0n) is 30.4. The Bertz CT molecular complexity index is 2650. The first kappa shape index (κ1) is 32.8. The molecular formula is C50H44S. The molecule has 9 rings (SSSR count). The van der Waals surface area contributed by atoms with E-state index in [1.165, 1.54) is 97.7 Å². The van der Waals surface area contributed by atoms with Crippen LogP contribution in [0.3, 0.4) is 0 Å². The number of fused-ring (bicyclic) bond motifs is 6. The summed E-state index contributed by atoms with van der Waals surface area (Å²) < 4.78 is 0. The van der Waals surface area contributed by atoms with E-state index in [0.29, 0.717) is 0 Å². The molecule has 8 aromatic carbocycles. The maximum Gasteiger partial charge on any atom is 0.00219 e. The summed E-state index contributed by atoms with van der Waals surface area (Å²) in [5, 5.41) is 7.79. The van der Waals surface area contributed by atoms with Crippen molar-refractivity contribution in [2.24, 2.45) is 0 Å². The molecule has 0 radical (unpaired) electrons. The monoisotopic (exact) mass is 676 g/mol. The molecule has 1 heteroatoms. The first-order valence-electron chi connectivity index (χ1n) is 17.9. The van der Waals surface area contributed by atoms with Gasteiger partial charge in [0, 0.05) is 9.79 Å². The predicted octanol–water partition coefficient (Wildman–Crippen LogP) is 14.8. The molecule has 1 aliphatic rings. The second-order valence-corrected chi connectivity index (χ2v) is 17.7. The zero-order valence-corrected chi connectivity index (χ0v) is 31.2. The van der Waals surface area contributed by atoms with Gasteiger partial charge >= 0.3 is 0 Å². The molecule has 0 nitrogen and oxygen atoms in total. The van der Waals surface area contributed by atoms with Gasteiger partial charge in [-0.15, -0.1) is 0 Å². The number of hydrogen-bond donors (Lipinski definition) is 0. The third kappa shape index (κ3) is 5.67. The molecule has 51 heavy (non-hydrogen) atoms. The highest BCUT2D eigenvalue weighted by molar-refractivity contribution is 8.33. The summed E-state index contributed by atoms with van der Waals surface area (Å²) in [5.74, 6) is 0. The maximum absolute atomic E-state index is 2.57. The number of aryl methyl sites for hydroxylation is 2. The molecule has 0 atom stereocenters. The highest BCUT2D eigenvalue weighted by Crippen LogP contribution is 2.68. The molecule has 0 bridgehead atoms. The molecule has 0 spiro atoms. The Kier molecular flexibility index (Phi) is 8.41. The lowest BCUT2D eigenvalue weighted by Crippen LogP contribution is -1.96. The van der Waals surface area contributed by atoms with Gasteiger partial charge in [0.15, 0.2) is 0 Å². The van der Waals surface area contributed by atoms with Crippen LogP contribution in [0.5, 0.6) is 0 Å². The lowest BCUT2D eigenvalue weighted by atomic mass is 9.83. The van der Waals surface area contributed by atoms with E-state index in [2.05, 4.69) is 172 Å². The van der Waals surface area contributed by atoms with Crippen LogP contribution < -0.4 is 0 Å². The summed E-state index contributed by atoms with van der Waals surface area (Å²) in [6.45, 7) is 8.41. The molecule has 0 amide bonds. The second kappa shape index (κ2) is 13.1. The Morgan fingerprint density at radius 2 is 0.961 bits per heavy atom. The Labute approximate surface area is 304 Å². The van der Waals surface area contributed by atoms with Crippen LogP contribution in [0.2, 0.25) is 0 Å². The molecule has 250 valence electrons. The summed E-state index contributed by atoms with van der Waals surface area (Å²) in [7, 11) is -1.17. The largest absolute Gasteiger partial charge is 0.192 e. The van der Waals surface area contributed by atoms with E-state index in [4.69, 9.17) is 0 Å². The molecule has 0 fully saturated rings. The molecule has 1 heterocycles.